The number of aryl methyl sites for hydroxylation is 1. The Labute approximate surface area is 117 Å². The lowest BCUT2D eigenvalue weighted by Gasteiger charge is -2.21. The zero-order chi connectivity index (χ0) is 14.1. The third-order valence-corrected chi connectivity index (χ3v) is 2.97. The van der Waals surface area contributed by atoms with E-state index >= 15 is 0 Å². The third-order valence-electron chi connectivity index (χ3n) is 2.14. The highest BCUT2D eigenvalue weighted by Crippen LogP contribution is 2.31. The van der Waals surface area contributed by atoms with Crippen LogP contribution in [0.5, 0.6) is 0 Å². The quantitative estimate of drug-likeness (QED) is 0.782. The van der Waals surface area contributed by atoms with Crippen LogP contribution in [0.2, 0.25) is 10.2 Å². The Kier molecular flexibility index (Phi) is 4.46. The van der Waals surface area contributed by atoms with Crippen molar-refractivity contribution in [3.8, 4) is 0 Å². The summed E-state index contributed by atoms with van der Waals surface area (Å²) in [4.78, 5) is 15.7. The van der Waals surface area contributed by atoms with Crippen molar-refractivity contribution in [2.75, 3.05) is 5.32 Å². The van der Waals surface area contributed by atoms with E-state index in [1.165, 1.54) is 0 Å². The van der Waals surface area contributed by atoms with Crippen molar-refractivity contribution < 1.29 is 9.53 Å². The second-order valence-corrected chi connectivity index (χ2v) is 5.66. The van der Waals surface area contributed by atoms with Gasteiger partial charge in [0, 0.05) is 0 Å². The maximum absolute atomic E-state index is 11.7. The maximum Gasteiger partial charge on any atom is 0.412 e. The zero-order valence-corrected chi connectivity index (χ0v) is 12.5. The number of carbonyl (C=O) groups is 1. The lowest BCUT2D eigenvalue weighted by atomic mass is 10.2. The largest absolute Gasteiger partial charge is 0.444 e. The Morgan fingerprint density at radius 2 is 1.83 bits per heavy atom. The highest BCUT2D eigenvalue weighted by Gasteiger charge is 2.19. The predicted octanol–water partition coefficient (Wildman–Crippen LogP) is 4.35. The Morgan fingerprint density at radius 1 is 1.28 bits per heavy atom. The van der Waals surface area contributed by atoms with E-state index in [0.717, 1.165) is 0 Å². The Balaban J connectivity index is 2.99. The van der Waals surface area contributed by atoms with Gasteiger partial charge in [0.2, 0.25) is 0 Å². The number of hydrogen-bond donors (Lipinski definition) is 1. The number of nitrogens with zero attached hydrogens (tertiary/aromatic N) is 1. The summed E-state index contributed by atoms with van der Waals surface area (Å²) in [6.07, 6.45) is -0.547. The van der Waals surface area contributed by atoms with Gasteiger partial charge in [-0.1, -0.05) is 23.2 Å². The highest BCUT2D eigenvalue weighted by atomic mass is 35.5. The van der Waals surface area contributed by atoms with E-state index < -0.39 is 11.7 Å². The molecule has 0 fully saturated rings. The zero-order valence-electron chi connectivity index (χ0n) is 11.0. The molecule has 18 heavy (non-hydrogen) atoms. The van der Waals surface area contributed by atoms with Crippen molar-refractivity contribution in [1.29, 1.82) is 0 Å². The summed E-state index contributed by atoms with van der Waals surface area (Å²) in [6.45, 7) is 8.87. The SMILES string of the molecule is Cc1nc(Cl)c(Cl)c(C)c1NC(=O)OC(C)(C)C. The first kappa shape index (κ1) is 15.1. The molecular formula is C12H16Cl2N2O2. The molecule has 0 bridgehead atoms. The fraction of sp³-hybridized carbons (Fsp3) is 0.500. The van der Waals surface area contributed by atoms with E-state index in [-0.39, 0.29) is 5.15 Å². The van der Waals surface area contributed by atoms with E-state index in [2.05, 4.69) is 10.3 Å². The average Bonchev–Trinajstić information content (AvgIpc) is 2.19. The minimum atomic E-state index is -0.560. The minimum absolute atomic E-state index is 0.224. The molecule has 0 atom stereocenters. The lowest BCUT2D eigenvalue weighted by Crippen LogP contribution is -2.27. The number of pyridine rings is 1. The smallest absolute Gasteiger partial charge is 0.412 e. The van der Waals surface area contributed by atoms with Crippen molar-refractivity contribution in [3.05, 3.63) is 21.4 Å². The van der Waals surface area contributed by atoms with E-state index in [4.69, 9.17) is 27.9 Å². The first-order valence-electron chi connectivity index (χ1n) is 5.44. The normalized spacial score (nSPS) is 11.3. The van der Waals surface area contributed by atoms with Crippen molar-refractivity contribution >= 4 is 35.0 Å². The number of aromatic nitrogens is 1. The van der Waals surface area contributed by atoms with Crippen LogP contribution in [0.15, 0.2) is 0 Å². The molecule has 6 heteroatoms. The minimum Gasteiger partial charge on any atom is -0.444 e. The first-order chi connectivity index (χ1) is 8.11. The van der Waals surface area contributed by atoms with Crippen LogP contribution in [-0.2, 0) is 4.74 Å². The number of hydrogen-bond acceptors (Lipinski definition) is 3. The van der Waals surface area contributed by atoms with Crippen LogP contribution in [-0.4, -0.2) is 16.7 Å². The van der Waals surface area contributed by atoms with E-state index in [0.29, 0.717) is 22.0 Å². The van der Waals surface area contributed by atoms with Gasteiger partial charge in [-0.3, -0.25) is 5.32 Å². The summed E-state index contributed by atoms with van der Waals surface area (Å²) in [7, 11) is 0. The molecule has 1 amide bonds. The van der Waals surface area contributed by atoms with Gasteiger partial charge in [-0.05, 0) is 40.2 Å². The molecule has 1 rings (SSSR count). The van der Waals surface area contributed by atoms with Crippen molar-refractivity contribution in [3.63, 3.8) is 0 Å². The molecule has 0 aromatic carbocycles. The number of rotatable bonds is 1. The van der Waals surface area contributed by atoms with Gasteiger partial charge in [0.15, 0.2) is 0 Å². The van der Waals surface area contributed by atoms with Crippen molar-refractivity contribution in [2.24, 2.45) is 0 Å². The number of anilines is 1. The van der Waals surface area contributed by atoms with Gasteiger partial charge >= 0.3 is 6.09 Å². The molecule has 1 heterocycles. The topological polar surface area (TPSA) is 51.2 Å². The van der Waals surface area contributed by atoms with E-state index in [9.17, 15) is 4.79 Å². The van der Waals surface area contributed by atoms with Crippen LogP contribution in [0.3, 0.4) is 0 Å². The molecule has 100 valence electrons. The lowest BCUT2D eigenvalue weighted by molar-refractivity contribution is 0.0635. The van der Waals surface area contributed by atoms with Gasteiger partial charge < -0.3 is 4.74 Å². The molecule has 0 saturated heterocycles. The van der Waals surface area contributed by atoms with Crippen LogP contribution >= 0.6 is 23.2 Å². The second kappa shape index (κ2) is 5.33. The Bertz CT molecular complexity index is 482. The molecule has 1 aromatic rings. The fourth-order valence-corrected chi connectivity index (χ4v) is 1.78. The predicted molar refractivity (Wildman–Crippen MR) is 73.6 cm³/mol. The fourth-order valence-electron chi connectivity index (χ4n) is 1.38. The summed E-state index contributed by atoms with van der Waals surface area (Å²) in [5, 5.41) is 3.19. The molecule has 0 spiro atoms. The Hall–Kier alpha value is -1.00. The standard InChI is InChI=1S/C12H16Cl2N2O2/c1-6-8(13)10(14)15-7(2)9(6)16-11(17)18-12(3,4)5/h1-5H3,(H,16,17). The van der Waals surface area contributed by atoms with E-state index in [1.54, 1.807) is 34.6 Å². The molecule has 4 nitrogen and oxygen atoms in total. The van der Waals surface area contributed by atoms with Gasteiger partial charge in [0.1, 0.15) is 10.8 Å². The second-order valence-electron chi connectivity index (χ2n) is 4.93. The number of amides is 1. The summed E-state index contributed by atoms with van der Waals surface area (Å²) >= 11 is 11.8. The van der Waals surface area contributed by atoms with Gasteiger partial charge in [-0.25, -0.2) is 9.78 Å². The number of carbonyl (C=O) groups excluding carboxylic acids is 1. The molecule has 0 aliphatic rings. The number of ether oxygens (including phenoxy) is 1. The summed E-state index contributed by atoms with van der Waals surface area (Å²) in [6, 6.07) is 0. The van der Waals surface area contributed by atoms with Crippen LogP contribution in [0.1, 0.15) is 32.0 Å². The molecular weight excluding hydrogens is 275 g/mol. The molecule has 1 N–H and O–H groups in total. The van der Waals surface area contributed by atoms with Crippen LogP contribution in [0.4, 0.5) is 10.5 Å². The summed E-state index contributed by atoms with van der Waals surface area (Å²) in [5.41, 5.74) is 1.22. The molecule has 0 aliphatic carbocycles. The summed E-state index contributed by atoms with van der Waals surface area (Å²) < 4.78 is 5.17. The van der Waals surface area contributed by atoms with Crippen LogP contribution in [0, 0.1) is 13.8 Å². The highest BCUT2D eigenvalue weighted by molar-refractivity contribution is 6.42. The monoisotopic (exact) mass is 290 g/mol. The molecule has 1 aromatic heterocycles. The molecule has 0 unspecified atom stereocenters. The van der Waals surface area contributed by atoms with Crippen LogP contribution < -0.4 is 5.32 Å². The molecule has 0 radical (unpaired) electrons. The molecule has 0 saturated carbocycles. The van der Waals surface area contributed by atoms with Gasteiger partial charge in [0.25, 0.3) is 0 Å². The van der Waals surface area contributed by atoms with Crippen LogP contribution in [0.25, 0.3) is 0 Å². The number of halogens is 2. The average molecular weight is 291 g/mol. The summed E-state index contributed by atoms with van der Waals surface area (Å²) in [5.74, 6) is 0. The Morgan fingerprint density at radius 3 is 2.33 bits per heavy atom. The van der Waals surface area contributed by atoms with Gasteiger partial charge in [-0.2, -0.15) is 0 Å². The van der Waals surface area contributed by atoms with Gasteiger partial charge in [-0.15, -0.1) is 0 Å². The maximum atomic E-state index is 11.7. The van der Waals surface area contributed by atoms with Crippen molar-refractivity contribution in [1.82, 2.24) is 4.98 Å². The van der Waals surface area contributed by atoms with Crippen molar-refractivity contribution in [2.45, 2.75) is 40.2 Å². The third kappa shape index (κ3) is 3.75. The number of nitrogens with one attached hydrogen (secondary N) is 1. The van der Waals surface area contributed by atoms with Gasteiger partial charge in [0.05, 0.1) is 16.4 Å². The first-order valence-corrected chi connectivity index (χ1v) is 6.19. The molecule has 0 aliphatic heterocycles. The van der Waals surface area contributed by atoms with E-state index in [1.807, 2.05) is 0 Å².